The van der Waals surface area contributed by atoms with E-state index in [4.69, 9.17) is 9.47 Å². The quantitative estimate of drug-likeness (QED) is 0.194. The minimum atomic E-state index is -3.90. The lowest BCUT2D eigenvalue weighted by Crippen LogP contribution is -2.51. The largest absolute Gasteiger partial charge is 0.467 e. The van der Waals surface area contributed by atoms with E-state index in [1.54, 1.807) is 42.5 Å². The fraction of sp³-hybridized carbons (Fsp3) is 0.282. The Hall–Kier alpha value is -5.33. The molecule has 4 aromatic rings. The van der Waals surface area contributed by atoms with Crippen LogP contribution in [0.15, 0.2) is 108 Å². The molecule has 0 unspecified atom stereocenters. The van der Waals surface area contributed by atoms with Crippen molar-refractivity contribution in [3.05, 3.63) is 125 Å². The minimum Gasteiger partial charge on any atom is -0.467 e. The van der Waals surface area contributed by atoms with Crippen molar-refractivity contribution in [2.24, 2.45) is 0 Å². The Bertz CT molecular complexity index is 1970. The number of carbonyl (C=O) groups is 4. The molecule has 0 bridgehead atoms. The van der Waals surface area contributed by atoms with Gasteiger partial charge >= 0.3 is 12.1 Å². The number of ketones is 1. The van der Waals surface area contributed by atoms with Gasteiger partial charge < -0.3 is 20.1 Å². The molecule has 1 heterocycles. The molecule has 2 aliphatic rings. The number of rotatable bonds is 13. The second kappa shape index (κ2) is 15.7. The van der Waals surface area contributed by atoms with Gasteiger partial charge in [0.15, 0.2) is 5.78 Å². The van der Waals surface area contributed by atoms with E-state index in [2.05, 4.69) is 22.8 Å². The first-order valence-corrected chi connectivity index (χ1v) is 18.2. The van der Waals surface area contributed by atoms with Crippen LogP contribution < -0.4 is 10.6 Å². The summed E-state index contributed by atoms with van der Waals surface area (Å²) in [6, 6.07) is 29.0. The van der Waals surface area contributed by atoms with Crippen molar-refractivity contribution in [2.75, 3.05) is 26.8 Å². The van der Waals surface area contributed by atoms with E-state index in [-0.39, 0.29) is 49.1 Å². The topological polar surface area (TPSA) is 148 Å². The van der Waals surface area contributed by atoms with E-state index in [1.807, 2.05) is 36.4 Å². The fourth-order valence-corrected chi connectivity index (χ4v) is 8.44. The fourth-order valence-electron chi connectivity index (χ4n) is 6.76. The molecule has 0 spiro atoms. The maximum absolute atomic E-state index is 13.3. The smallest absolute Gasteiger partial charge is 0.407 e. The molecular formula is C39H39N3O8S. The predicted octanol–water partition coefficient (Wildman–Crippen LogP) is 4.39. The molecule has 2 atom stereocenters. The molecule has 6 rings (SSSR count). The Kier molecular flexibility index (Phi) is 10.9. The van der Waals surface area contributed by atoms with Gasteiger partial charge in [-0.15, -0.1) is 0 Å². The monoisotopic (exact) mass is 709 g/mol. The van der Waals surface area contributed by atoms with Gasteiger partial charge in [0.1, 0.15) is 18.7 Å². The number of fused-ring (bicyclic) bond motifs is 3. The van der Waals surface area contributed by atoms with Gasteiger partial charge in [-0.2, -0.15) is 4.31 Å². The van der Waals surface area contributed by atoms with Crippen LogP contribution in [0.2, 0.25) is 0 Å². The van der Waals surface area contributed by atoms with E-state index in [1.165, 1.54) is 23.5 Å². The average Bonchev–Trinajstić information content (AvgIpc) is 3.78. The average molecular weight is 710 g/mol. The molecule has 1 fully saturated rings. The first kappa shape index (κ1) is 35.5. The van der Waals surface area contributed by atoms with Gasteiger partial charge in [0, 0.05) is 25.3 Å². The maximum atomic E-state index is 13.3. The first-order chi connectivity index (χ1) is 24.7. The summed E-state index contributed by atoms with van der Waals surface area (Å²) in [5.41, 5.74) is 5.84. The van der Waals surface area contributed by atoms with Crippen LogP contribution in [-0.2, 0) is 46.7 Å². The summed E-state index contributed by atoms with van der Waals surface area (Å²) in [6.07, 6.45) is 0.316. The molecule has 264 valence electrons. The third-order valence-electron chi connectivity index (χ3n) is 9.30. The van der Waals surface area contributed by atoms with Crippen molar-refractivity contribution < 1.29 is 37.1 Å². The molecule has 11 nitrogen and oxygen atoms in total. The van der Waals surface area contributed by atoms with Gasteiger partial charge in [0.2, 0.25) is 15.9 Å². The number of hydrogen-bond donors (Lipinski definition) is 2. The van der Waals surface area contributed by atoms with Gasteiger partial charge in [-0.25, -0.2) is 18.0 Å². The van der Waals surface area contributed by atoms with E-state index in [9.17, 15) is 27.6 Å². The van der Waals surface area contributed by atoms with Crippen LogP contribution in [0.5, 0.6) is 0 Å². The summed E-state index contributed by atoms with van der Waals surface area (Å²) in [6.45, 7) is 0.140. The Labute approximate surface area is 297 Å². The number of nitrogens with one attached hydrogen (secondary N) is 2. The molecule has 51 heavy (non-hydrogen) atoms. The van der Waals surface area contributed by atoms with Crippen molar-refractivity contribution in [1.29, 1.82) is 0 Å². The number of hydrogen-bond acceptors (Lipinski definition) is 8. The van der Waals surface area contributed by atoms with Crippen LogP contribution in [0.25, 0.3) is 11.1 Å². The summed E-state index contributed by atoms with van der Waals surface area (Å²) in [5.74, 6) is -1.55. The molecule has 12 heteroatoms. The van der Waals surface area contributed by atoms with Crippen molar-refractivity contribution in [3.63, 3.8) is 0 Å². The zero-order valence-electron chi connectivity index (χ0n) is 28.1. The lowest BCUT2D eigenvalue weighted by Gasteiger charge is -2.25. The Balaban J connectivity index is 0.992. The zero-order chi connectivity index (χ0) is 36.0. The first-order valence-electron chi connectivity index (χ1n) is 16.8. The number of sulfonamides is 1. The van der Waals surface area contributed by atoms with Crippen molar-refractivity contribution in [3.8, 4) is 11.1 Å². The molecule has 2 N–H and O–H groups in total. The maximum Gasteiger partial charge on any atom is 0.407 e. The number of carbonyl (C=O) groups excluding carboxylic acids is 4. The predicted molar refractivity (Wildman–Crippen MR) is 189 cm³/mol. The third-order valence-corrected chi connectivity index (χ3v) is 11.2. The van der Waals surface area contributed by atoms with E-state index >= 15 is 0 Å². The minimum absolute atomic E-state index is 0.0640. The number of amides is 2. The lowest BCUT2D eigenvalue weighted by molar-refractivity contribution is -0.145. The highest BCUT2D eigenvalue weighted by Gasteiger charge is 2.40. The number of Topliss-reactive ketones (excluding diaryl/α,β-unsaturated/α-hetero) is 1. The third kappa shape index (κ3) is 8.03. The van der Waals surface area contributed by atoms with Crippen LogP contribution in [0.1, 0.15) is 41.0 Å². The highest BCUT2D eigenvalue weighted by molar-refractivity contribution is 7.89. The number of ether oxygens (including phenoxy) is 2. The second-order valence-corrected chi connectivity index (χ2v) is 14.5. The molecule has 1 saturated heterocycles. The normalized spacial score (nSPS) is 16.1. The highest BCUT2D eigenvalue weighted by Crippen LogP contribution is 2.44. The van der Waals surface area contributed by atoms with Crippen molar-refractivity contribution in [2.45, 2.75) is 48.6 Å². The van der Waals surface area contributed by atoms with Crippen molar-refractivity contribution in [1.82, 2.24) is 14.9 Å². The van der Waals surface area contributed by atoms with Gasteiger partial charge in [-0.1, -0.05) is 91.0 Å². The van der Waals surface area contributed by atoms with Crippen LogP contribution in [-0.4, -0.2) is 75.4 Å². The van der Waals surface area contributed by atoms with E-state index in [0.717, 1.165) is 22.3 Å². The van der Waals surface area contributed by atoms with Gasteiger partial charge in [-0.3, -0.25) is 9.59 Å². The highest BCUT2D eigenvalue weighted by atomic mass is 32.2. The molecule has 1 aliphatic carbocycles. The Morgan fingerprint density at radius 3 is 2.08 bits per heavy atom. The van der Waals surface area contributed by atoms with E-state index in [0.29, 0.717) is 24.0 Å². The Morgan fingerprint density at radius 2 is 1.43 bits per heavy atom. The molecule has 0 radical (unpaired) electrons. The number of esters is 1. The van der Waals surface area contributed by atoms with Crippen LogP contribution >= 0.6 is 0 Å². The lowest BCUT2D eigenvalue weighted by atomic mass is 9.98. The van der Waals surface area contributed by atoms with Gasteiger partial charge in [0.25, 0.3) is 0 Å². The van der Waals surface area contributed by atoms with E-state index < -0.39 is 40.1 Å². The molecule has 0 aromatic heterocycles. The molecule has 4 aromatic carbocycles. The van der Waals surface area contributed by atoms with Gasteiger partial charge in [0.05, 0.1) is 18.6 Å². The van der Waals surface area contributed by atoms with Crippen LogP contribution in [0.4, 0.5) is 4.79 Å². The molecular weight excluding hydrogens is 671 g/mol. The number of methoxy groups -OCH3 is 1. The van der Waals surface area contributed by atoms with Crippen LogP contribution in [0, 0.1) is 0 Å². The number of alkyl carbamates (subject to hydrolysis) is 1. The Morgan fingerprint density at radius 1 is 0.824 bits per heavy atom. The molecule has 1 aliphatic heterocycles. The standard InChI is InChI=1S/C39H39N3O8S/c1-49-38(45)35(41-37(44)36-16-9-21-42(36)51(47,48)29-10-3-2-4-11-29)23-27-19-17-26(18-20-27)22-28(43)24-40-39(46)50-25-34-32-14-7-5-12-30(32)31-13-6-8-15-33(31)34/h2-8,10-15,17-20,34-36H,9,16,21-25H2,1H3,(H,40,46)(H,41,44)/t35-,36-/m0/s1. The zero-order valence-corrected chi connectivity index (χ0v) is 28.9. The summed E-state index contributed by atoms with van der Waals surface area (Å²) < 4.78 is 38.1. The van der Waals surface area contributed by atoms with Gasteiger partial charge in [-0.05, 0) is 58.4 Å². The summed E-state index contributed by atoms with van der Waals surface area (Å²) >= 11 is 0. The summed E-state index contributed by atoms with van der Waals surface area (Å²) in [5, 5.41) is 5.25. The number of nitrogens with zero attached hydrogens (tertiary/aromatic N) is 1. The summed E-state index contributed by atoms with van der Waals surface area (Å²) in [7, 11) is -2.69. The SMILES string of the molecule is COC(=O)[C@H](Cc1ccc(CC(=O)CNC(=O)OCC2c3ccccc3-c3ccccc32)cc1)NC(=O)[C@@H]1CCCN1S(=O)(=O)c1ccccc1. The van der Waals surface area contributed by atoms with Crippen LogP contribution in [0.3, 0.4) is 0 Å². The molecule has 2 amide bonds. The summed E-state index contributed by atoms with van der Waals surface area (Å²) in [4.78, 5) is 51.3. The van der Waals surface area contributed by atoms with Crippen molar-refractivity contribution >= 4 is 33.8 Å². The molecule has 0 saturated carbocycles. The second-order valence-electron chi connectivity index (χ2n) is 12.6. The number of benzene rings is 4.